The molecule has 1 saturated heterocycles. The number of likely N-dealkylation sites (N-methyl/N-ethyl adjacent to an activating group) is 1. The number of carbonyl (C=O) groups excluding carboxylic acids is 1. The summed E-state index contributed by atoms with van der Waals surface area (Å²) in [5.41, 5.74) is 3.29. The Bertz CT molecular complexity index is 737. The number of para-hydroxylation sites is 1. The highest BCUT2D eigenvalue weighted by Gasteiger charge is 2.21. The molecule has 6 heteroatoms. The lowest BCUT2D eigenvalue weighted by Gasteiger charge is -2.32. The van der Waals surface area contributed by atoms with Gasteiger partial charge in [-0.2, -0.15) is 0 Å². The smallest absolute Gasteiger partial charge is 0.243 e. The van der Waals surface area contributed by atoms with Crippen LogP contribution in [0.3, 0.4) is 0 Å². The summed E-state index contributed by atoms with van der Waals surface area (Å²) in [5, 5.41) is 6.58. The molecule has 2 heterocycles. The molecule has 0 saturated carbocycles. The summed E-state index contributed by atoms with van der Waals surface area (Å²) in [5.74, 6) is 0.292. The molecule has 0 aliphatic carbocycles. The largest absolute Gasteiger partial charge is 0.371 e. The predicted octanol–water partition coefficient (Wildman–Crippen LogP) is 3.43. The van der Waals surface area contributed by atoms with Gasteiger partial charge in [0.1, 0.15) is 0 Å². The first-order valence-corrected chi connectivity index (χ1v) is 9.32. The van der Waals surface area contributed by atoms with E-state index in [-0.39, 0.29) is 11.9 Å². The van der Waals surface area contributed by atoms with E-state index in [0.29, 0.717) is 5.88 Å². The Morgan fingerprint density at radius 3 is 2.73 bits per heavy atom. The van der Waals surface area contributed by atoms with Crippen LogP contribution < -0.4 is 10.2 Å². The Kier molecular flexibility index (Phi) is 5.93. The van der Waals surface area contributed by atoms with E-state index in [2.05, 4.69) is 44.5 Å². The normalized spacial score (nSPS) is 15.9. The van der Waals surface area contributed by atoms with Crippen molar-refractivity contribution in [2.24, 2.45) is 0 Å². The van der Waals surface area contributed by atoms with Gasteiger partial charge < -0.3 is 9.42 Å². The molecule has 1 fully saturated rings. The summed E-state index contributed by atoms with van der Waals surface area (Å²) in [6, 6.07) is 9.95. The molecule has 140 valence electrons. The zero-order chi connectivity index (χ0) is 18.5. The van der Waals surface area contributed by atoms with Gasteiger partial charge in [0, 0.05) is 31.4 Å². The number of hydrogen-bond donors (Lipinski definition) is 1. The fourth-order valence-corrected chi connectivity index (χ4v) is 3.34. The Balaban J connectivity index is 1.65. The Morgan fingerprint density at radius 2 is 2.04 bits per heavy atom. The average molecular weight is 356 g/mol. The van der Waals surface area contributed by atoms with Crippen LogP contribution in [-0.4, -0.2) is 42.1 Å². The predicted molar refractivity (Wildman–Crippen MR) is 103 cm³/mol. The van der Waals surface area contributed by atoms with E-state index in [1.807, 2.05) is 20.9 Å². The molecule has 2 aromatic rings. The maximum absolute atomic E-state index is 12.5. The fourth-order valence-electron chi connectivity index (χ4n) is 3.34. The summed E-state index contributed by atoms with van der Waals surface area (Å²) in [7, 11) is 1.98. The molecule has 1 aliphatic heterocycles. The Hall–Kier alpha value is -2.34. The molecule has 1 aromatic carbocycles. The van der Waals surface area contributed by atoms with Crippen LogP contribution >= 0.6 is 0 Å². The minimum Gasteiger partial charge on any atom is -0.371 e. The van der Waals surface area contributed by atoms with Crippen molar-refractivity contribution < 1.29 is 9.32 Å². The minimum absolute atomic E-state index is 0.0981. The number of anilines is 2. The molecule has 3 rings (SSSR count). The zero-order valence-electron chi connectivity index (χ0n) is 15.9. The molecule has 1 N–H and O–H groups in total. The van der Waals surface area contributed by atoms with Crippen LogP contribution in [0.5, 0.6) is 0 Å². The van der Waals surface area contributed by atoms with Gasteiger partial charge in [-0.3, -0.25) is 15.0 Å². The van der Waals surface area contributed by atoms with Crippen molar-refractivity contribution in [3.8, 4) is 0 Å². The zero-order valence-corrected chi connectivity index (χ0v) is 15.9. The monoisotopic (exact) mass is 356 g/mol. The van der Waals surface area contributed by atoms with Gasteiger partial charge in [-0.05, 0) is 51.8 Å². The van der Waals surface area contributed by atoms with Gasteiger partial charge in [-0.15, -0.1) is 0 Å². The highest BCUT2D eigenvalue weighted by Crippen LogP contribution is 2.25. The number of nitrogens with zero attached hydrogens (tertiary/aromatic N) is 3. The van der Waals surface area contributed by atoms with E-state index in [0.717, 1.165) is 25.3 Å². The van der Waals surface area contributed by atoms with Crippen molar-refractivity contribution in [2.75, 3.05) is 30.4 Å². The number of amides is 1. The number of carbonyl (C=O) groups is 1. The maximum Gasteiger partial charge on any atom is 0.243 e. The summed E-state index contributed by atoms with van der Waals surface area (Å²) >= 11 is 0. The quantitative estimate of drug-likeness (QED) is 0.859. The van der Waals surface area contributed by atoms with Crippen molar-refractivity contribution in [3.63, 3.8) is 0 Å². The second-order valence-corrected chi connectivity index (χ2v) is 7.09. The third kappa shape index (κ3) is 4.43. The van der Waals surface area contributed by atoms with Crippen molar-refractivity contribution >= 4 is 17.5 Å². The molecule has 0 bridgehead atoms. The number of rotatable bonds is 6. The first-order chi connectivity index (χ1) is 12.5. The first kappa shape index (κ1) is 18.5. The molecule has 6 nitrogen and oxygen atoms in total. The summed E-state index contributed by atoms with van der Waals surface area (Å²) in [6.07, 6.45) is 3.82. The molecule has 1 unspecified atom stereocenters. The number of benzene rings is 1. The minimum atomic E-state index is -0.283. The Morgan fingerprint density at radius 1 is 1.31 bits per heavy atom. The average Bonchev–Trinajstić information content (AvgIpc) is 3.07. The van der Waals surface area contributed by atoms with E-state index in [4.69, 9.17) is 4.52 Å². The molecule has 1 amide bonds. The van der Waals surface area contributed by atoms with Gasteiger partial charge in [0.2, 0.25) is 11.8 Å². The van der Waals surface area contributed by atoms with E-state index < -0.39 is 0 Å². The van der Waals surface area contributed by atoms with Crippen molar-refractivity contribution in [3.05, 3.63) is 41.6 Å². The highest BCUT2D eigenvalue weighted by molar-refractivity contribution is 5.93. The number of aromatic nitrogens is 1. The molecule has 0 spiro atoms. The van der Waals surface area contributed by atoms with E-state index in [1.54, 1.807) is 6.07 Å². The molecule has 1 aromatic heterocycles. The SMILES string of the molecule is Cc1cc(NC(=O)C(C)N(C)Cc2ccccc2N2CCCCC2)on1. The van der Waals surface area contributed by atoms with E-state index in [1.165, 1.54) is 30.5 Å². The number of piperidine rings is 1. The summed E-state index contributed by atoms with van der Waals surface area (Å²) in [6.45, 7) is 6.67. The van der Waals surface area contributed by atoms with E-state index >= 15 is 0 Å². The second-order valence-electron chi connectivity index (χ2n) is 7.09. The molecular weight excluding hydrogens is 328 g/mol. The standard InChI is InChI=1S/C20H28N4O2/c1-15-13-19(26-22-15)21-20(25)16(2)23(3)14-17-9-5-6-10-18(17)24-11-7-4-8-12-24/h5-6,9-10,13,16H,4,7-8,11-12,14H2,1-3H3,(H,21,25). The van der Waals surface area contributed by atoms with E-state index in [9.17, 15) is 4.79 Å². The van der Waals surface area contributed by atoms with Gasteiger partial charge in [-0.1, -0.05) is 23.4 Å². The van der Waals surface area contributed by atoms with Crippen LogP contribution in [0.4, 0.5) is 11.6 Å². The van der Waals surface area contributed by atoms with Gasteiger partial charge in [0.25, 0.3) is 0 Å². The van der Waals surface area contributed by atoms with Crippen molar-refractivity contribution in [2.45, 2.75) is 45.7 Å². The van der Waals surface area contributed by atoms with Crippen LogP contribution in [0, 0.1) is 6.92 Å². The molecular formula is C20H28N4O2. The fraction of sp³-hybridized carbons (Fsp3) is 0.500. The van der Waals surface area contributed by atoms with Crippen molar-refractivity contribution in [1.82, 2.24) is 10.1 Å². The first-order valence-electron chi connectivity index (χ1n) is 9.32. The lowest BCUT2D eigenvalue weighted by Crippen LogP contribution is -2.39. The Labute approximate surface area is 155 Å². The molecule has 1 aliphatic rings. The van der Waals surface area contributed by atoms with Crippen LogP contribution in [0.1, 0.15) is 37.4 Å². The van der Waals surface area contributed by atoms with Crippen LogP contribution in [0.2, 0.25) is 0 Å². The third-order valence-corrected chi connectivity index (χ3v) is 5.02. The van der Waals surface area contributed by atoms with Crippen LogP contribution in [-0.2, 0) is 11.3 Å². The van der Waals surface area contributed by atoms with Gasteiger partial charge >= 0.3 is 0 Å². The van der Waals surface area contributed by atoms with Gasteiger partial charge in [0.15, 0.2) is 0 Å². The second kappa shape index (κ2) is 8.36. The van der Waals surface area contributed by atoms with Crippen molar-refractivity contribution in [1.29, 1.82) is 0 Å². The number of hydrogen-bond acceptors (Lipinski definition) is 5. The lowest BCUT2D eigenvalue weighted by molar-refractivity contribution is -0.120. The van der Waals surface area contributed by atoms with Gasteiger partial charge in [0.05, 0.1) is 11.7 Å². The summed E-state index contributed by atoms with van der Waals surface area (Å²) < 4.78 is 5.07. The third-order valence-electron chi connectivity index (χ3n) is 5.02. The van der Waals surface area contributed by atoms with Crippen LogP contribution in [0.15, 0.2) is 34.9 Å². The topological polar surface area (TPSA) is 61.6 Å². The maximum atomic E-state index is 12.5. The van der Waals surface area contributed by atoms with Gasteiger partial charge in [-0.25, -0.2) is 0 Å². The number of nitrogens with one attached hydrogen (secondary N) is 1. The molecule has 0 radical (unpaired) electrons. The number of aryl methyl sites for hydroxylation is 1. The lowest BCUT2D eigenvalue weighted by atomic mass is 10.1. The molecule has 26 heavy (non-hydrogen) atoms. The summed E-state index contributed by atoms with van der Waals surface area (Å²) in [4.78, 5) is 17.0. The van der Waals surface area contributed by atoms with Crippen LogP contribution in [0.25, 0.3) is 0 Å². The molecule has 1 atom stereocenters. The highest BCUT2D eigenvalue weighted by atomic mass is 16.5.